The second kappa shape index (κ2) is 16.1. The van der Waals surface area contributed by atoms with Crippen LogP contribution in [0.25, 0.3) is 0 Å². The molecule has 13 heteroatoms. The highest BCUT2D eigenvalue weighted by Gasteiger charge is 2.46. The van der Waals surface area contributed by atoms with Gasteiger partial charge in [-0.2, -0.15) is 18.4 Å². The summed E-state index contributed by atoms with van der Waals surface area (Å²) in [5, 5.41) is 20.0. The van der Waals surface area contributed by atoms with Gasteiger partial charge < -0.3 is 10.0 Å². The van der Waals surface area contributed by atoms with E-state index < -0.39 is 56.0 Å². The first kappa shape index (κ1) is 36.6. The number of nitrogens with one attached hydrogen (secondary N) is 1. The molecule has 248 valence electrons. The van der Waals surface area contributed by atoms with E-state index in [0.717, 1.165) is 43.7 Å². The maximum atomic E-state index is 13.4. The fourth-order valence-electron chi connectivity index (χ4n) is 5.37. The molecule has 2 aromatic rings. The average molecular weight is 674 g/mol. The van der Waals surface area contributed by atoms with Gasteiger partial charge in [-0.3, -0.25) is 5.32 Å². The maximum Gasteiger partial charge on any atom is 0.417 e. The van der Waals surface area contributed by atoms with Crippen LogP contribution in [0.15, 0.2) is 47.4 Å². The van der Waals surface area contributed by atoms with Gasteiger partial charge in [0, 0.05) is 12.2 Å². The Bertz CT molecular complexity index is 1440. The van der Waals surface area contributed by atoms with Crippen LogP contribution in [0, 0.1) is 17.1 Å². The van der Waals surface area contributed by atoms with Crippen molar-refractivity contribution in [2.75, 3.05) is 18.0 Å². The molecule has 4 rings (SSSR count). The molecule has 7 nitrogen and oxygen atoms in total. The summed E-state index contributed by atoms with van der Waals surface area (Å²) in [6.45, 7) is 2.91. The number of sulfone groups is 1. The smallest absolute Gasteiger partial charge is 0.417 e. The molecule has 0 radical (unpaired) electrons. The molecule has 0 unspecified atom stereocenters. The van der Waals surface area contributed by atoms with Crippen LogP contribution in [0.2, 0.25) is 5.02 Å². The topological polar surface area (TPSA) is 110 Å². The molecule has 2 N–H and O–H groups in total. The molecule has 1 aliphatic heterocycles. The highest BCUT2D eigenvalue weighted by atomic mass is 35.5. The number of anilines is 1. The number of benzene rings is 2. The number of carbonyl (C=O) groups is 1. The van der Waals surface area contributed by atoms with Crippen LogP contribution in [0.4, 0.5) is 23.2 Å². The van der Waals surface area contributed by atoms with Crippen molar-refractivity contribution in [1.82, 2.24) is 5.32 Å². The van der Waals surface area contributed by atoms with E-state index in [0.29, 0.717) is 6.07 Å². The molecular weight excluding hydrogens is 634 g/mol. The Kier molecular flexibility index (Phi) is 13.1. The molecule has 1 saturated heterocycles. The van der Waals surface area contributed by atoms with Gasteiger partial charge >= 0.3 is 12.1 Å². The van der Waals surface area contributed by atoms with E-state index in [-0.39, 0.29) is 22.8 Å². The van der Waals surface area contributed by atoms with Crippen molar-refractivity contribution < 1.29 is 35.9 Å². The Morgan fingerprint density at radius 3 is 2.27 bits per heavy atom. The molecule has 0 spiro atoms. The molecule has 2 fully saturated rings. The second-order valence-electron chi connectivity index (χ2n) is 11.6. The Labute approximate surface area is 267 Å². The standard InChI is InChI=1S/C18H14ClF4NO4S.C14H26N2/c19-13-7-10(5-6-14(13)20)24-9-11(8-15(24)17(25)26)29(27,28)16-4-2-1-3-12(16)18(21,22)23;1-2-3-4-5-6-7-8-9-12-16-14(13-15)10-11-14/h1-7,11,15H,8-9H2,(H,25,26);16H,2-12H2,1H3/t11-,15+;/m1./s1. The summed E-state index contributed by atoms with van der Waals surface area (Å²) in [6.07, 6.45) is 7.65. The van der Waals surface area contributed by atoms with Gasteiger partial charge in [-0.25, -0.2) is 17.6 Å². The maximum absolute atomic E-state index is 13.4. The number of carboxylic acid groups (broad SMARTS) is 1. The number of nitriles is 1. The van der Waals surface area contributed by atoms with Crippen molar-refractivity contribution in [3.63, 3.8) is 0 Å². The molecule has 2 atom stereocenters. The first-order valence-corrected chi connectivity index (χ1v) is 17.2. The van der Waals surface area contributed by atoms with E-state index in [4.69, 9.17) is 16.9 Å². The number of unbranched alkanes of at least 4 members (excludes halogenated alkanes) is 7. The van der Waals surface area contributed by atoms with E-state index in [9.17, 15) is 35.9 Å². The number of alkyl halides is 3. The third-order valence-electron chi connectivity index (χ3n) is 8.18. The minimum atomic E-state index is -4.89. The SMILES string of the molecule is CCCCCCCCCCNC1(C#N)CC1.O=C(O)[C@@H]1C[C@@H](S(=O)(=O)c2ccccc2C(F)(F)F)CN1c1ccc(F)c(Cl)c1. The molecule has 2 aromatic carbocycles. The van der Waals surface area contributed by atoms with Crippen LogP contribution in [0.5, 0.6) is 0 Å². The highest BCUT2D eigenvalue weighted by molar-refractivity contribution is 7.92. The largest absolute Gasteiger partial charge is 0.480 e. The predicted molar refractivity (Wildman–Crippen MR) is 165 cm³/mol. The number of carboxylic acids is 1. The van der Waals surface area contributed by atoms with Gasteiger partial charge in [-0.05, 0) is 62.6 Å². The summed E-state index contributed by atoms with van der Waals surface area (Å²) in [4.78, 5) is 11.9. The fourth-order valence-corrected chi connectivity index (χ4v) is 7.46. The number of rotatable bonds is 14. The summed E-state index contributed by atoms with van der Waals surface area (Å²) in [6, 6.07) is 8.17. The van der Waals surface area contributed by atoms with E-state index in [1.54, 1.807) is 0 Å². The zero-order valence-electron chi connectivity index (χ0n) is 25.3. The van der Waals surface area contributed by atoms with Crippen LogP contribution in [-0.4, -0.2) is 49.4 Å². The van der Waals surface area contributed by atoms with Gasteiger partial charge in [0.05, 0.1) is 26.8 Å². The lowest BCUT2D eigenvalue weighted by Crippen LogP contribution is -2.36. The van der Waals surface area contributed by atoms with Gasteiger partial charge in [0.2, 0.25) is 0 Å². The molecule has 2 aliphatic rings. The Morgan fingerprint density at radius 2 is 1.71 bits per heavy atom. The van der Waals surface area contributed by atoms with Crippen LogP contribution in [0.3, 0.4) is 0 Å². The zero-order chi connectivity index (χ0) is 33.3. The van der Waals surface area contributed by atoms with Gasteiger partial charge in [0.1, 0.15) is 17.4 Å². The number of halogens is 5. The summed E-state index contributed by atoms with van der Waals surface area (Å²) in [7, 11) is -4.51. The monoisotopic (exact) mass is 673 g/mol. The third-order valence-corrected chi connectivity index (χ3v) is 10.7. The van der Waals surface area contributed by atoms with Crippen LogP contribution in [0.1, 0.15) is 83.1 Å². The van der Waals surface area contributed by atoms with Crippen molar-refractivity contribution in [3.8, 4) is 6.07 Å². The lowest BCUT2D eigenvalue weighted by Gasteiger charge is -2.24. The molecule has 45 heavy (non-hydrogen) atoms. The first-order chi connectivity index (χ1) is 21.3. The summed E-state index contributed by atoms with van der Waals surface area (Å²) in [5.74, 6) is -2.10. The lowest BCUT2D eigenvalue weighted by molar-refractivity contribution is -0.140. The Morgan fingerprint density at radius 1 is 1.09 bits per heavy atom. The van der Waals surface area contributed by atoms with Crippen molar-refractivity contribution in [1.29, 1.82) is 5.26 Å². The van der Waals surface area contributed by atoms with Crippen molar-refractivity contribution in [2.24, 2.45) is 0 Å². The summed E-state index contributed by atoms with van der Waals surface area (Å²) >= 11 is 5.72. The molecule has 0 aromatic heterocycles. The van der Waals surface area contributed by atoms with E-state index in [1.165, 1.54) is 68.4 Å². The van der Waals surface area contributed by atoms with Gasteiger partial charge in [0.25, 0.3) is 0 Å². The fraction of sp³-hybridized carbons (Fsp3) is 0.562. The summed E-state index contributed by atoms with van der Waals surface area (Å²) in [5.41, 5.74) is -1.26. The number of hydrogen-bond donors (Lipinski definition) is 2. The first-order valence-electron chi connectivity index (χ1n) is 15.3. The highest BCUT2D eigenvalue weighted by Crippen LogP contribution is 2.39. The number of aliphatic carboxylic acids is 1. The van der Waals surface area contributed by atoms with Crippen LogP contribution >= 0.6 is 11.6 Å². The Balaban J connectivity index is 0.000000292. The molecule has 0 amide bonds. The normalized spacial score (nSPS) is 19.0. The van der Waals surface area contributed by atoms with Gasteiger partial charge in [-0.15, -0.1) is 0 Å². The average Bonchev–Trinajstić information content (AvgIpc) is 3.63. The minimum Gasteiger partial charge on any atom is -0.480 e. The van der Waals surface area contributed by atoms with Gasteiger partial charge in [0.15, 0.2) is 9.84 Å². The molecule has 0 bridgehead atoms. The molecule has 1 heterocycles. The van der Waals surface area contributed by atoms with Crippen molar-refractivity contribution >= 4 is 33.1 Å². The van der Waals surface area contributed by atoms with Crippen molar-refractivity contribution in [3.05, 3.63) is 58.9 Å². The van der Waals surface area contributed by atoms with E-state index >= 15 is 0 Å². The predicted octanol–water partition coefficient (Wildman–Crippen LogP) is 7.78. The Hall–Kier alpha value is -2.88. The van der Waals surface area contributed by atoms with Crippen molar-refractivity contribution in [2.45, 2.75) is 105 Å². The zero-order valence-corrected chi connectivity index (χ0v) is 26.8. The van der Waals surface area contributed by atoms with Crippen LogP contribution < -0.4 is 10.2 Å². The molecule has 1 saturated carbocycles. The van der Waals surface area contributed by atoms with E-state index in [2.05, 4.69) is 18.3 Å². The molecular formula is C32H40ClF4N3O4S. The van der Waals surface area contributed by atoms with Crippen LogP contribution in [-0.2, 0) is 20.8 Å². The minimum absolute atomic E-state index is 0.110. The quantitative estimate of drug-likeness (QED) is 0.156. The number of nitrogens with zero attached hydrogens (tertiary/aromatic N) is 2. The van der Waals surface area contributed by atoms with E-state index in [1.807, 2.05) is 0 Å². The summed E-state index contributed by atoms with van der Waals surface area (Å²) < 4.78 is 79.2. The molecule has 1 aliphatic carbocycles. The third kappa shape index (κ3) is 10.1. The number of hydrogen-bond acceptors (Lipinski definition) is 6. The van der Waals surface area contributed by atoms with Gasteiger partial charge in [-0.1, -0.05) is 75.6 Å². The lowest BCUT2D eigenvalue weighted by atomic mass is 10.1. The second-order valence-corrected chi connectivity index (χ2v) is 14.2.